The van der Waals surface area contributed by atoms with Gasteiger partial charge in [0.15, 0.2) is 0 Å². The molecule has 2 N–H and O–H groups in total. The second kappa shape index (κ2) is 4.71. The van der Waals surface area contributed by atoms with Gasteiger partial charge >= 0.3 is 0 Å². The Balaban J connectivity index is 2.15. The highest BCUT2D eigenvalue weighted by molar-refractivity contribution is 5.83. The average Bonchev–Trinajstić information content (AvgIpc) is 2.60. The number of fused-ring (bicyclic) bond motifs is 1. The number of rotatable bonds is 4. The van der Waals surface area contributed by atoms with Gasteiger partial charge in [-0.05, 0) is 37.6 Å². The van der Waals surface area contributed by atoms with Crippen LogP contribution in [0.3, 0.4) is 0 Å². The third-order valence-corrected chi connectivity index (χ3v) is 2.87. The molecule has 0 saturated heterocycles. The van der Waals surface area contributed by atoms with E-state index in [1.54, 1.807) is 0 Å². The van der Waals surface area contributed by atoms with Gasteiger partial charge in [0.05, 0.1) is 0 Å². The number of nitrogens with one attached hydrogen (secondary N) is 2. The summed E-state index contributed by atoms with van der Waals surface area (Å²) in [5.41, 5.74) is 3.97. The van der Waals surface area contributed by atoms with Crippen LogP contribution in [0.2, 0.25) is 0 Å². The minimum Gasteiger partial charge on any atom is -0.361 e. The number of H-pyrrole nitrogens is 1. The van der Waals surface area contributed by atoms with Crippen LogP contribution < -0.4 is 5.32 Å². The van der Waals surface area contributed by atoms with Gasteiger partial charge in [0, 0.05) is 23.1 Å². The normalized spacial score (nSPS) is 11.5. The summed E-state index contributed by atoms with van der Waals surface area (Å²) in [5.74, 6) is 0. The van der Waals surface area contributed by atoms with Crippen LogP contribution in [-0.4, -0.2) is 17.6 Å². The summed E-state index contributed by atoms with van der Waals surface area (Å²) in [6, 6.07) is 7.13. The maximum absolute atomic E-state index is 3.45. The average molecular weight is 216 g/mol. The maximum Gasteiger partial charge on any atom is 0.0456 e. The molecule has 0 radical (unpaired) electrons. The van der Waals surface area contributed by atoms with Crippen molar-refractivity contribution in [2.24, 2.45) is 0 Å². The Hall–Kier alpha value is -1.28. The third kappa shape index (κ3) is 2.45. The predicted octanol–water partition coefficient (Wildman–Crippen LogP) is 3.02. The van der Waals surface area contributed by atoms with Crippen LogP contribution in [0.5, 0.6) is 0 Å². The largest absolute Gasteiger partial charge is 0.361 e. The van der Waals surface area contributed by atoms with Gasteiger partial charge in [-0.1, -0.05) is 25.5 Å². The Morgan fingerprint density at radius 1 is 1.31 bits per heavy atom. The number of aromatic amines is 1. The molecule has 2 rings (SSSR count). The number of hydrogen-bond acceptors (Lipinski definition) is 1. The Labute approximate surface area is 97.1 Å². The van der Waals surface area contributed by atoms with Gasteiger partial charge in [-0.3, -0.25) is 0 Å². The van der Waals surface area contributed by atoms with Crippen molar-refractivity contribution in [1.82, 2.24) is 10.3 Å². The van der Waals surface area contributed by atoms with Gasteiger partial charge < -0.3 is 10.3 Å². The molecule has 0 amide bonds. The van der Waals surface area contributed by atoms with E-state index in [0.29, 0.717) is 6.04 Å². The van der Waals surface area contributed by atoms with E-state index in [4.69, 9.17) is 0 Å². The van der Waals surface area contributed by atoms with Gasteiger partial charge in [0.25, 0.3) is 0 Å². The predicted molar refractivity (Wildman–Crippen MR) is 69.9 cm³/mol. The highest BCUT2D eigenvalue weighted by Gasteiger charge is 2.03. The van der Waals surface area contributed by atoms with Gasteiger partial charge in [0.1, 0.15) is 0 Å². The number of benzene rings is 1. The summed E-state index contributed by atoms with van der Waals surface area (Å²) >= 11 is 0. The van der Waals surface area contributed by atoms with Crippen LogP contribution in [0, 0.1) is 6.92 Å². The molecular formula is C14H20N2. The first-order valence-corrected chi connectivity index (χ1v) is 5.97. The Morgan fingerprint density at radius 2 is 2.12 bits per heavy atom. The first-order valence-electron chi connectivity index (χ1n) is 5.97. The highest BCUT2D eigenvalue weighted by Crippen LogP contribution is 2.19. The Morgan fingerprint density at radius 3 is 2.88 bits per heavy atom. The van der Waals surface area contributed by atoms with Crippen LogP contribution in [0.1, 0.15) is 25.0 Å². The summed E-state index contributed by atoms with van der Waals surface area (Å²) in [6.45, 7) is 7.54. The molecule has 0 bridgehead atoms. The van der Waals surface area contributed by atoms with E-state index in [9.17, 15) is 0 Å². The third-order valence-electron chi connectivity index (χ3n) is 2.87. The molecule has 0 fully saturated rings. The number of aromatic nitrogens is 1. The first-order chi connectivity index (χ1) is 7.66. The van der Waals surface area contributed by atoms with E-state index in [2.05, 4.69) is 55.5 Å². The summed E-state index contributed by atoms with van der Waals surface area (Å²) < 4.78 is 0. The fourth-order valence-electron chi connectivity index (χ4n) is 1.99. The second-order valence-corrected chi connectivity index (χ2v) is 4.72. The van der Waals surface area contributed by atoms with Crippen LogP contribution in [-0.2, 0) is 6.42 Å². The summed E-state index contributed by atoms with van der Waals surface area (Å²) in [6.07, 6.45) is 3.22. The number of hydrogen-bond donors (Lipinski definition) is 2. The second-order valence-electron chi connectivity index (χ2n) is 4.72. The lowest BCUT2D eigenvalue weighted by Crippen LogP contribution is -2.24. The van der Waals surface area contributed by atoms with E-state index in [-0.39, 0.29) is 0 Å². The van der Waals surface area contributed by atoms with Crippen LogP contribution in [0.25, 0.3) is 10.9 Å². The monoisotopic (exact) mass is 216 g/mol. The molecular weight excluding hydrogens is 196 g/mol. The van der Waals surface area contributed by atoms with Crippen LogP contribution in [0.4, 0.5) is 0 Å². The number of aryl methyl sites for hydroxylation is 1. The van der Waals surface area contributed by atoms with Crippen molar-refractivity contribution in [3.63, 3.8) is 0 Å². The van der Waals surface area contributed by atoms with Gasteiger partial charge in [-0.15, -0.1) is 0 Å². The molecule has 0 saturated carbocycles. The fourth-order valence-corrected chi connectivity index (χ4v) is 1.99. The molecule has 1 aromatic carbocycles. The van der Waals surface area contributed by atoms with Crippen molar-refractivity contribution in [3.8, 4) is 0 Å². The lowest BCUT2D eigenvalue weighted by Gasteiger charge is -2.07. The van der Waals surface area contributed by atoms with E-state index in [0.717, 1.165) is 13.0 Å². The summed E-state index contributed by atoms with van der Waals surface area (Å²) in [5, 5.41) is 4.82. The zero-order valence-corrected chi connectivity index (χ0v) is 10.3. The molecule has 0 unspecified atom stereocenters. The lowest BCUT2D eigenvalue weighted by molar-refractivity contribution is 0.591. The Kier molecular flexibility index (Phi) is 3.30. The standard InChI is InChI=1S/C14H20N2/c1-10(2)15-7-6-12-9-16-14-5-4-11(3)8-13(12)14/h4-5,8-10,15-16H,6-7H2,1-3H3. The molecule has 0 spiro atoms. The zero-order chi connectivity index (χ0) is 11.5. The molecule has 2 nitrogen and oxygen atoms in total. The smallest absolute Gasteiger partial charge is 0.0456 e. The molecule has 0 aliphatic rings. The van der Waals surface area contributed by atoms with Crippen LogP contribution >= 0.6 is 0 Å². The van der Waals surface area contributed by atoms with E-state index in [1.807, 2.05) is 0 Å². The molecule has 0 aliphatic carbocycles. The molecule has 0 atom stereocenters. The lowest BCUT2D eigenvalue weighted by atomic mass is 10.1. The van der Waals surface area contributed by atoms with Crippen molar-refractivity contribution >= 4 is 10.9 Å². The molecule has 86 valence electrons. The van der Waals surface area contributed by atoms with Crippen molar-refractivity contribution in [1.29, 1.82) is 0 Å². The fraction of sp³-hybridized carbons (Fsp3) is 0.429. The van der Waals surface area contributed by atoms with Crippen molar-refractivity contribution in [2.75, 3.05) is 6.54 Å². The van der Waals surface area contributed by atoms with Crippen molar-refractivity contribution < 1.29 is 0 Å². The quantitative estimate of drug-likeness (QED) is 0.808. The zero-order valence-electron chi connectivity index (χ0n) is 10.3. The highest BCUT2D eigenvalue weighted by atomic mass is 14.9. The molecule has 1 heterocycles. The van der Waals surface area contributed by atoms with Gasteiger partial charge in [-0.2, -0.15) is 0 Å². The summed E-state index contributed by atoms with van der Waals surface area (Å²) in [7, 11) is 0. The maximum atomic E-state index is 3.45. The van der Waals surface area contributed by atoms with E-state index < -0.39 is 0 Å². The van der Waals surface area contributed by atoms with Gasteiger partial charge in [0.2, 0.25) is 0 Å². The molecule has 1 aromatic heterocycles. The van der Waals surface area contributed by atoms with Crippen LogP contribution in [0.15, 0.2) is 24.4 Å². The van der Waals surface area contributed by atoms with Crippen molar-refractivity contribution in [2.45, 2.75) is 33.2 Å². The first kappa shape index (κ1) is 11.2. The minimum atomic E-state index is 0.562. The van der Waals surface area contributed by atoms with E-state index >= 15 is 0 Å². The SMILES string of the molecule is Cc1ccc2[nH]cc(CCNC(C)C)c2c1. The molecule has 0 aliphatic heterocycles. The Bertz CT molecular complexity index is 469. The minimum absolute atomic E-state index is 0.562. The van der Waals surface area contributed by atoms with Crippen molar-refractivity contribution in [3.05, 3.63) is 35.5 Å². The summed E-state index contributed by atoms with van der Waals surface area (Å²) in [4.78, 5) is 3.33. The topological polar surface area (TPSA) is 27.8 Å². The molecule has 16 heavy (non-hydrogen) atoms. The molecule has 2 aromatic rings. The van der Waals surface area contributed by atoms with Gasteiger partial charge in [-0.25, -0.2) is 0 Å². The van der Waals surface area contributed by atoms with E-state index in [1.165, 1.54) is 22.0 Å². The molecule has 2 heteroatoms.